The smallest absolute Gasteiger partial charge is 0.191 e. The summed E-state index contributed by atoms with van der Waals surface area (Å²) < 4.78 is 10.9. The molecule has 138 valence electrons. The second-order valence-corrected chi connectivity index (χ2v) is 5.53. The van der Waals surface area contributed by atoms with Crippen molar-refractivity contribution >= 4 is 29.9 Å². The Hall–Kier alpha value is -1.84. The van der Waals surface area contributed by atoms with Gasteiger partial charge in [0.05, 0.1) is 18.4 Å². The first-order chi connectivity index (χ1) is 11.7. The highest BCUT2D eigenvalue weighted by Gasteiger charge is 2.07. The van der Waals surface area contributed by atoms with E-state index in [9.17, 15) is 0 Å². The van der Waals surface area contributed by atoms with E-state index in [0.29, 0.717) is 25.6 Å². The molecule has 2 aromatic heterocycles. The van der Waals surface area contributed by atoms with Gasteiger partial charge in [0.15, 0.2) is 11.7 Å². The molecule has 2 aromatic rings. The molecule has 0 spiro atoms. The third-order valence-corrected chi connectivity index (χ3v) is 3.20. The van der Waals surface area contributed by atoms with E-state index in [0.717, 1.165) is 29.7 Å². The number of halogens is 1. The summed E-state index contributed by atoms with van der Waals surface area (Å²) in [4.78, 5) is 8.50. The first kappa shape index (κ1) is 21.2. The summed E-state index contributed by atoms with van der Waals surface area (Å²) in [5.74, 6) is 2.57. The van der Waals surface area contributed by atoms with Crippen molar-refractivity contribution in [3.8, 4) is 5.75 Å². The molecular weight excluding hydrogens is 433 g/mol. The SMILES string of the molecule is CCNC(=NCc1cc(C(C)C)no1)NCCOc1cccnc1.I. The lowest BCUT2D eigenvalue weighted by Crippen LogP contribution is -2.39. The minimum absolute atomic E-state index is 0. The highest BCUT2D eigenvalue weighted by Crippen LogP contribution is 2.14. The van der Waals surface area contributed by atoms with E-state index >= 15 is 0 Å². The van der Waals surface area contributed by atoms with Crippen LogP contribution in [0.5, 0.6) is 5.75 Å². The van der Waals surface area contributed by atoms with E-state index in [1.807, 2.05) is 25.1 Å². The highest BCUT2D eigenvalue weighted by molar-refractivity contribution is 14.0. The van der Waals surface area contributed by atoms with Crippen molar-refractivity contribution in [3.63, 3.8) is 0 Å². The zero-order valence-electron chi connectivity index (χ0n) is 14.9. The molecule has 0 bridgehead atoms. The summed E-state index contributed by atoms with van der Waals surface area (Å²) in [5.41, 5.74) is 0.947. The van der Waals surface area contributed by atoms with E-state index in [-0.39, 0.29) is 24.0 Å². The maximum atomic E-state index is 5.59. The van der Waals surface area contributed by atoms with E-state index in [2.05, 4.69) is 39.6 Å². The van der Waals surface area contributed by atoms with Crippen molar-refractivity contribution in [2.24, 2.45) is 4.99 Å². The molecule has 0 saturated carbocycles. The van der Waals surface area contributed by atoms with Gasteiger partial charge >= 0.3 is 0 Å². The van der Waals surface area contributed by atoms with Crippen LogP contribution in [0.25, 0.3) is 0 Å². The molecule has 0 aliphatic carbocycles. The second-order valence-electron chi connectivity index (χ2n) is 5.53. The van der Waals surface area contributed by atoms with Crippen LogP contribution in [0.3, 0.4) is 0 Å². The van der Waals surface area contributed by atoms with Gasteiger partial charge < -0.3 is 19.9 Å². The van der Waals surface area contributed by atoms with Crippen LogP contribution in [0, 0.1) is 0 Å². The van der Waals surface area contributed by atoms with Crippen molar-refractivity contribution in [2.45, 2.75) is 33.2 Å². The fourth-order valence-electron chi connectivity index (χ4n) is 1.95. The summed E-state index contributed by atoms with van der Waals surface area (Å²) in [6, 6.07) is 5.67. The molecule has 2 rings (SSSR count). The monoisotopic (exact) mass is 459 g/mol. The molecule has 0 aromatic carbocycles. The molecule has 0 amide bonds. The number of aromatic nitrogens is 2. The Morgan fingerprint density at radius 3 is 2.84 bits per heavy atom. The zero-order chi connectivity index (χ0) is 17.2. The Bertz CT molecular complexity index is 631. The van der Waals surface area contributed by atoms with E-state index < -0.39 is 0 Å². The molecule has 0 fully saturated rings. The van der Waals surface area contributed by atoms with Gasteiger partial charge in [-0.25, -0.2) is 4.99 Å². The van der Waals surface area contributed by atoms with E-state index in [1.54, 1.807) is 12.4 Å². The first-order valence-electron chi connectivity index (χ1n) is 8.19. The first-order valence-corrected chi connectivity index (χ1v) is 8.19. The second kappa shape index (κ2) is 11.7. The molecular formula is C17H26IN5O2. The number of guanidine groups is 1. The Morgan fingerprint density at radius 2 is 2.20 bits per heavy atom. The van der Waals surface area contributed by atoms with Gasteiger partial charge in [-0.15, -0.1) is 24.0 Å². The Balaban J connectivity index is 0.00000312. The van der Waals surface area contributed by atoms with Crippen LogP contribution in [0.2, 0.25) is 0 Å². The summed E-state index contributed by atoms with van der Waals surface area (Å²) in [5, 5.41) is 10.4. The lowest BCUT2D eigenvalue weighted by atomic mass is 10.1. The van der Waals surface area contributed by atoms with Crippen LogP contribution < -0.4 is 15.4 Å². The Labute approximate surface area is 165 Å². The fourth-order valence-corrected chi connectivity index (χ4v) is 1.95. The molecule has 7 nitrogen and oxygen atoms in total. The number of hydrogen-bond donors (Lipinski definition) is 2. The number of nitrogens with one attached hydrogen (secondary N) is 2. The van der Waals surface area contributed by atoms with Crippen molar-refractivity contribution < 1.29 is 9.26 Å². The number of rotatable bonds is 8. The number of hydrogen-bond acceptors (Lipinski definition) is 5. The quantitative estimate of drug-likeness (QED) is 0.273. The van der Waals surface area contributed by atoms with Gasteiger partial charge in [-0.2, -0.15) is 0 Å². The number of pyridine rings is 1. The summed E-state index contributed by atoms with van der Waals surface area (Å²) in [6.45, 7) is 8.57. The summed E-state index contributed by atoms with van der Waals surface area (Å²) in [6.07, 6.45) is 3.41. The van der Waals surface area contributed by atoms with Crippen LogP contribution in [0.15, 0.2) is 40.1 Å². The summed E-state index contributed by atoms with van der Waals surface area (Å²) >= 11 is 0. The van der Waals surface area contributed by atoms with Gasteiger partial charge in [0.2, 0.25) is 0 Å². The van der Waals surface area contributed by atoms with Crippen LogP contribution in [0.1, 0.15) is 38.1 Å². The molecule has 0 aliphatic heterocycles. The minimum atomic E-state index is 0. The summed E-state index contributed by atoms with van der Waals surface area (Å²) in [7, 11) is 0. The minimum Gasteiger partial charge on any atom is -0.490 e. The Kier molecular flexibility index (Phi) is 9.90. The van der Waals surface area contributed by atoms with Gasteiger partial charge in [0, 0.05) is 18.8 Å². The van der Waals surface area contributed by atoms with Crippen molar-refractivity contribution in [1.29, 1.82) is 0 Å². The normalized spacial score (nSPS) is 11.1. The third kappa shape index (κ3) is 7.72. The van der Waals surface area contributed by atoms with Crippen molar-refractivity contribution in [1.82, 2.24) is 20.8 Å². The van der Waals surface area contributed by atoms with Crippen LogP contribution in [0.4, 0.5) is 0 Å². The number of ether oxygens (including phenoxy) is 1. The third-order valence-electron chi connectivity index (χ3n) is 3.20. The predicted octanol–water partition coefficient (Wildman–Crippen LogP) is 2.95. The molecule has 0 radical (unpaired) electrons. The zero-order valence-corrected chi connectivity index (χ0v) is 17.2. The van der Waals surface area contributed by atoms with E-state index in [4.69, 9.17) is 9.26 Å². The van der Waals surface area contributed by atoms with Crippen molar-refractivity contribution in [2.75, 3.05) is 19.7 Å². The predicted molar refractivity (Wildman–Crippen MR) is 109 cm³/mol. The maximum Gasteiger partial charge on any atom is 0.191 e. The topological polar surface area (TPSA) is 84.6 Å². The largest absolute Gasteiger partial charge is 0.490 e. The Morgan fingerprint density at radius 1 is 1.36 bits per heavy atom. The van der Waals surface area contributed by atoms with Crippen LogP contribution in [-0.4, -0.2) is 35.8 Å². The van der Waals surface area contributed by atoms with Gasteiger partial charge in [-0.3, -0.25) is 4.98 Å². The molecule has 2 heterocycles. The number of nitrogens with zero attached hydrogens (tertiary/aromatic N) is 3. The van der Waals surface area contributed by atoms with Crippen LogP contribution in [-0.2, 0) is 6.54 Å². The van der Waals surface area contributed by atoms with Gasteiger partial charge in [0.25, 0.3) is 0 Å². The molecule has 0 unspecified atom stereocenters. The molecule has 25 heavy (non-hydrogen) atoms. The van der Waals surface area contributed by atoms with Crippen LogP contribution >= 0.6 is 24.0 Å². The molecule has 0 aliphatic rings. The average Bonchev–Trinajstić information content (AvgIpc) is 3.06. The standard InChI is InChI=1S/C17H25N5O2.HI/c1-4-19-17(20-8-9-23-14-6-5-7-18-11-14)21-12-15-10-16(13(2)3)22-24-15;/h5-7,10-11,13H,4,8-9,12H2,1-3H3,(H2,19,20,21);1H. The average molecular weight is 459 g/mol. The molecule has 0 saturated heterocycles. The molecule has 8 heteroatoms. The van der Waals surface area contributed by atoms with Gasteiger partial charge in [0.1, 0.15) is 18.9 Å². The van der Waals surface area contributed by atoms with Gasteiger partial charge in [-0.1, -0.05) is 19.0 Å². The lowest BCUT2D eigenvalue weighted by molar-refractivity contribution is 0.320. The molecule has 2 N–H and O–H groups in total. The highest BCUT2D eigenvalue weighted by atomic mass is 127. The number of aliphatic imine (C=N–C) groups is 1. The van der Waals surface area contributed by atoms with Crippen molar-refractivity contribution in [3.05, 3.63) is 42.0 Å². The molecule has 0 atom stereocenters. The van der Waals surface area contributed by atoms with E-state index in [1.165, 1.54) is 0 Å². The fraction of sp³-hybridized carbons (Fsp3) is 0.471. The maximum absolute atomic E-state index is 5.59. The van der Waals surface area contributed by atoms with Gasteiger partial charge in [-0.05, 0) is 25.0 Å². The lowest BCUT2D eigenvalue weighted by Gasteiger charge is -2.11.